The first-order valence-corrected chi connectivity index (χ1v) is 7.74. The fourth-order valence-corrected chi connectivity index (χ4v) is 3.78. The summed E-state index contributed by atoms with van der Waals surface area (Å²) in [6.07, 6.45) is 8.48. The molecule has 1 aromatic rings. The fourth-order valence-electron chi connectivity index (χ4n) is 3.42. The Labute approximate surface area is 117 Å². The van der Waals surface area contributed by atoms with Crippen molar-refractivity contribution >= 4 is 21.6 Å². The molecular weight excluding hydrogens is 290 g/mol. The van der Waals surface area contributed by atoms with Crippen LogP contribution in [-0.2, 0) is 0 Å². The van der Waals surface area contributed by atoms with Gasteiger partial charge in [-0.3, -0.25) is 0 Å². The minimum Gasteiger partial charge on any atom is -0.380 e. The number of hydrogen-bond acceptors (Lipinski definition) is 3. The normalized spacial score (nSPS) is 31.7. The molecule has 0 radical (unpaired) electrons. The van der Waals surface area contributed by atoms with Crippen molar-refractivity contribution in [3.05, 3.63) is 22.9 Å². The van der Waals surface area contributed by atoms with Gasteiger partial charge in [0.25, 0.3) is 0 Å². The Kier molecular flexibility index (Phi) is 3.85. The zero-order valence-electron chi connectivity index (χ0n) is 10.5. The summed E-state index contributed by atoms with van der Waals surface area (Å²) in [4.78, 5) is 4.28. The number of rotatable bonds is 3. The number of nitrogens with zero attached hydrogens (tertiary/aromatic N) is 1. The van der Waals surface area contributed by atoms with E-state index in [-0.39, 0.29) is 0 Å². The topological polar surface area (TPSA) is 37.0 Å². The molecule has 1 saturated carbocycles. The molecule has 3 atom stereocenters. The van der Waals surface area contributed by atoms with Gasteiger partial charge in [0.05, 0.1) is 5.69 Å². The molecule has 0 bridgehead atoms. The Morgan fingerprint density at radius 1 is 1.28 bits per heavy atom. The minimum absolute atomic E-state index is 0.598. The number of anilines is 1. The third-order valence-corrected chi connectivity index (χ3v) is 4.92. The average Bonchev–Trinajstić information content (AvgIpc) is 3.02. The molecule has 1 saturated heterocycles. The summed E-state index contributed by atoms with van der Waals surface area (Å²) < 4.78 is 0.926. The highest BCUT2D eigenvalue weighted by atomic mass is 79.9. The minimum atomic E-state index is 0.598. The van der Waals surface area contributed by atoms with E-state index in [1.165, 1.54) is 38.6 Å². The van der Waals surface area contributed by atoms with Crippen LogP contribution in [0, 0.1) is 5.92 Å². The second-order valence-corrected chi connectivity index (χ2v) is 6.14. The van der Waals surface area contributed by atoms with Gasteiger partial charge in [0, 0.05) is 18.3 Å². The van der Waals surface area contributed by atoms with Crippen LogP contribution < -0.4 is 10.6 Å². The van der Waals surface area contributed by atoms with E-state index in [1.54, 1.807) is 0 Å². The molecule has 4 heteroatoms. The van der Waals surface area contributed by atoms with E-state index in [4.69, 9.17) is 0 Å². The summed E-state index contributed by atoms with van der Waals surface area (Å²) in [6.45, 7) is 1.20. The quantitative estimate of drug-likeness (QED) is 0.842. The highest BCUT2D eigenvalue weighted by Crippen LogP contribution is 2.34. The van der Waals surface area contributed by atoms with E-state index in [0.29, 0.717) is 6.04 Å². The number of pyridine rings is 1. The van der Waals surface area contributed by atoms with Gasteiger partial charge in [0.15, 0.2) is 0 Å². The van der Waals surface area contributed by atoms with E-state index in [1.807, 2.05) is 12.3 Å². The van der Waals surface area contributed by atoms with Gasteiger partial charge in [0.2, 0.25) is 0 Å². The van der Waals surface area contributed by atoms with Crippen molar-refractivity contribution < 1.29 is 0 Å². The van der Waals surface area contributed by atoms with Crippen LogP contribution in [0.5, 0.6) is 0 Å². The van der Waals surface area contributed by atoms with Crippen LogP contribution in [0.25, 0.3) is 0 Å². The molecule has 1 aliphatic heterocycles. The van der Waals surface area contributed by atoms with Gasteiger partial charge in [0.1, 0.15) is 4.60 Å². The van der Waals surface area contributed by atoms with Gasteiger partial charge in [-0.2, -0.15) is 0 Å². The Morgan fingerprint density at radius 3 is 3.00 bits per heavy atom. The second-order valence-electron chi connectivity index (χ2n) is 5.39. The van der Waals surface area contributed by atoms with Crippen molar-refractivity contribution in [2.24, 2.45) is 5.92 Å². The predicted octanol–water partition coefficient (Wildman–Crippen LogP) is 3.18. The molecule has 18 heavy (non-hydrogen) atoms. The SMILES string of the molecule is Brc1ncccc1NC1CCCC1C1CCCN1. The first-order valence-electron chi connectivity index (χ1n) is 6.95. The first-order chi connectivity index (χ1) is 8.84. The molecule has 3 nitrogen and oxygen atoms in total. The van der Waals surface area contributed by atoms with Crippen molar-refractivity contribution in [2.75, 3.05) is 11.9 Å². The maximum absolute atomic E-state index is 4.28. The van der Waals surface area contributed by atoms with E-state index in [9.17, 15) is 0 Å². The fraction of sp³-hybridized carbons (Fsp3) is 0.643. The molecule has 1 aromatic heterocycles. The molecule has 1 aliphatic carbocycles. The van der Waals surface area contributed by atoms with Crippen molar-refractivity contribution in [3.63, 3.8) is 0 Å². The van der Waals surface area contributed by atoms with Gasteiger partial charge < -0.3 is 10.6 Å². The van der Waals surface area contributed by atoms with Crippen LogP contribution in [0.15, 0.2) is 22.9 Å². The van der Waals surface area contributed by atoms with Crippen molar-refractivity contribution in [1.29, 1.82) is 0 Å². The van der Waals surface area contributed by atoms with Gasteiger partial charge in [-0.15, -0.1) is 0 Å². The lowest BCUT2D eigenvalue weighted by atomic mass is 9.93. The lowest BCUT2D eigenvalue weighted by molar-refractivity contribution is 0.376. The van der Waals surface area contributed by atoms with Crippen LogP contribution in [0.1, 0.15) is 32.1 Å². The Hall–Kier alpha value is -0.610. The van der Waals surface area contributed by atoms with Crippen LogP contribution in [0.3, 0.4) is 0 Å². The highest BCUT2D eigenvalue weighted by Gasteiger charge is 2.35. The molecule has 0 spiro atoms. The zero-order chi connectivity index (χ0) is 12.4. The van der Waals surface area contributed by atoms with E-state index in [0.717, 1.165) is 22.3 Å². The number of nitrogens with one attached hydrogen (secondary N) is 2. The van der Waals surface area contributed by atoms with Gasteiger partial charge in [-0.1, -0.05) is 6.42 Å². The summed E-state index contributed by atoms with van der Waals surface area (Å²) in [5.41, 5.74) is 1.13. The standard InChI is InChI=1S/C14H20BrN3/c15-14-13(7-3-9-17-14)18-12-5-1-4-10(12)11-6-2-8-16-11/h3,7,9-12,16,18H,1-2,4-6,8H2. The largest absolute Gasteiger partial charge is 0.380 e. The second kappa shape index (κ2) is 5.57. The van der Waals surface area contributed by atoms with Gasteiger partial charge >= 0.3 is 0 Å². The Bertz CT molecular complexity index is 404. The monoisotopic (exact) mass is 309 g/mol. The van der Waals surface area contributed by atoms with Gasteiger partial charge in [-0.25, -0.2) is 4.98 Å². The average molecular weight is 310 g/mol. The van der Waals surface area contributed by atoms with Crippen LogP contribution in [-0.4, -0.2) is 23.6 Å². The van der Waals surface area contributed by atoms with Crippen LogP contribution in [0.4, 0.5) is 5.69 Å². The van der Waals surface area contributed by atoms with Gasteiger partial charge in [-0.05, 0) is 66.2 Å². The highest BCUT2D eigenvalue weighted by molar-refractivity contribution is 9.10. The van der Waals surface area contributed by atoms with Crippen LogP contribution in [0.2, 0.25) is 0 Å². The van der Waals surface area contributed by atoms with Crippen molar-refractivity contribution in [2.45, 2.75) is 44.2 Å². The Balaban J connectivity index is 1.69. The molecule has 0 aromatic carbocycles. The molecule has 2 aliphatic rings. The maximum Gasteiger partial charge on any atom is 0.129 e. The Morgan fingerprint density at radius 2 is 2.22 bits per heavy atom. The third-order valence-electron chi connectivity index (χ3n) is 4.28. The van der Waals surface area contributed by atoms with E-state index < -0.39 is 0 Å². The molecule has 2 heterocycles. The molecule has 3 unspecified atom stereocenters. The lowest BCUT2D eigenvalue weighted by Gasteiger charge is -2.27. The maximum atomic E-state index is 4.28. The lowest BCUT2D eigenvalue weighted by Crippen LogP contribution is -2.38. The molecule has 98 valence electrons. The van der Waals surface area contributed by atoms with Crippen LogP contribution >= 0.6 is 15.9 Å². The number of hydrogen-bond donors (Lipinski definition) is 2. The molecule has 2 N–H and O–H groups in total. The summed E-state index contributed by atoms with van der Waals surface area (Å²) in [7, 11) is 0. The first kappa shape index (κ1) is 12.4. The molecule has 3 rings (SSSR count). The smallest absolute Gasteiger partial charge is 0.129 e. The number of halogens is 1. The molecule has 2 fully saturated rings. The van der Waals surface area contributed by atoms with Crippen molar-refractivity contribution in [3.8, 4) is 0 Å². The van der Waals surface area contributed by atoms with Crippen molar-refractivity contribution in [1.82, 2.24) is 10.3 Å². The summed E-state index contributed by atoms with van der Waals surface area (Å²) >= 11 is 3.52. The van der Waals surface area contributed by atoms with E-state index >= 15 is 0 Å². The predicted molar refractivity (Wildman–Crippen MR) is 77.7 cm³/mol. The summed E-state index contributed by atoms with van der Waals surface area (Å²) in [6, 6.07) is 5.42. The number of aromatic nitrogens is 1. The zero-order valence-corrected chi connectivity index (χ0v) is 12.1. The van der Waals surface area contributed by atoms with E-state index in [2.05, 4.69) is 37.6 Å². The third kappa shape index (κ3) is 2.54. The summed E-state index contributed by atoms with van der Waals surface area (Å²) in [5, 5.41) is 7.35. The molecular formula is C14H20BrN3. The summed E-state index contributed by atoms with van der Waals surface area (Å²) in [5.74, 6) is 0.777. The molecule has 0 amide bonds.